The Hall–Kier alpha value is -1.83. The first-order valence-electron chi connectivity index (χ1n) is 11.3. The highest BCUT2D eigenvalue weighted by Gasteiger charge is 2.21. The van der Waals surface area contributed by atoms with Crippen LogP contribution in [0.4, 0.5) is 0 Å². The third-order valence-corrected chi connectivity index (χ3v) is 6.10. The maximum atomic E-state index is 10.4. The molecule has 0 aromatic heterocycles. The van der Waals surface area contributed by atoms with Gasteiger partial charge in [-0.1, -0.05) is 87.9 Å². The van der Waals surface area contributed by atoms with Crippen LogP contribution in [0.25, 0.3) is 0 Å². The smallest absolute Gasteiger partial charge is 0.328 e. The number of hydrogen-bond donors (Lipinski definition) is 1. The van der Waals surface area contributed by atoms with Crippen molar-refractivity contribution in [2.24, 2.45) is 5.92 Å². The first kappa shape index (κ1) is 22.5. The summed E-state index contributed by atoms with van der Waals surface area (Å²) in [7, 11) is 0. The van der Waals surface area contributed by atoms with Crippen molar-refractivity contribution < 1.29 is 9.90 Å². The molecule has 0 aliphatic heterocycles. The van der Waals surface area contributed by atoms with Crippen molar-refractivity contribution in [2.45, 2.75) is 89.9 Å². The molecule has 2 heteroatoms. The van der Waals surface area contributed by atoms with Crippen LogP contribution in [-0.2, 0) is 11.2 Å². The molecule has 1 N–H and O–H groups in total. The van der Waals surface area contributed by atoms with Gasteiger partial charge in [-0.15, -0.1) is 0 Å². The van der Waals surface area contributed by atoms with Crippen LogP contribution in [0.3, 0.4) is 0 Å². The molecule has 28 heavy (non-hydrogen) atoms. The van der Waals surface area contributed by atoms with Gasteiger partial charge in [-0.05, 0) is 61.5 Å². The van der Waals surface area contributed by atoms with Crippen LogP contribution >= 0.6 is 0 Å². The minimum absolute atomic E-state index is 0.756. The standard InChI is InChI=1S/C26H38O2/c1-2-3-4-5-8-11-22-14-18-24(19-15-22)25-20-16-23(17-21-25)12-9-6-7-10-13-26(27)28/h6-7,10,13,16-17,20-22,24H,2-5,8-9,11-12,14-15,18-19H2,1H3,(H,27,28)/b7-6+,13-10+. The van der Waals surface area contributed by atoms with E-state index in [0.29, 0.717) is 0 Å². The van der Waals surface area contributed by atoms with Gasteiger partial charge in [0.25, 0.3) is 0 Å². The lowest BCUT2D eigenvalue weighted by Crippen LogP contribution is -2.13. The quantitative estimate of drug-likeness (QED) is 0.231. The van der Waals surface area contributed by atoms with Crippen LogP contribution in [0, 0.1) is 5.92 Å². The molecule has 0 saturated heterocycles. The number of allylic oxidation sites excluding steroid dienone is 3. The molecule has 1 aromatic carbocycles. The number of rotatable bonds is 12. The Kier molecular flexibility index (Phi) is 10.7. The summed E-state index contributed by atoms with van der Waals surface area (Å²) >= 11 is 0. The second-order valence-electron chi connectivity index (χ2n) is 8.33. The van der Waals surface area contributed by atoms with E-state index in [1.165, 1.54) is 75.3 Å². The van der Waals surface area contributed by atoms with E-state index in [4.69, 9.17) is 5.11 Å². The van der Waals surface area contributed by atoms with Crippen molar-refractivity contribution in [3.05, 3.63) is 59.7 Å². The first-order chi connectivity index (χ1) is 13.7. The number of carboxylic acids is 1. The van der Waals surface area contributed by atoms with Crippen molar-refractivity contribution in [1.82, 2.24) is 0 Å². The van der Waals surface area contributed by atoms with E-state index in [0.717, 1.165) is 30.8 Å². The summed E-state index contributed by atoms with van der Waals surface area (Å²) in [6.07, 6.45) is 22.5. The predicted octanol–water partition coefficient (Wildman–Crippen LogP) is 7.45. The zero-order chi connectivity index (χ0) is 20.0. The van der Waals surface area contributed by atoms with E-state index < -0.39 is 5.97 Å². The SMILES string of the molecule is CCCCCCCC1CCC(c2ccc(CC/C=C/C=C/C(=O)O)cc2)CC1. The Bertz CT molecular complexity index is 604. The lowest BCUT2D eigenvalue weighted by atomic mass is 9.77. The zero-order valence-corrected chi connectivity index (χ0v) is 17.6. The number of carboxylic acid groups (broad SMARTS) is 1. The van der Waals surface area contributed by atoms with E-state index in [-0.39, 0.29) is 0 Å². The molecule has 2 rings (SSSR count). The number of hydrogen-bond acceptors (Lipinski definition) is 1. The molecule has 0 unspecified atom stereocenters. The molecule has 1 aliphatic carbocycles. The Balaban J connectivity index is 1.66. The van der Waals surface area contributed by atoms with Gasteiger partial charge in [0, 0.05) is 6.08 Å². The third-order valence-electron chi connectivity index (χ3n) is 6.10. The summed E-state index contributed by atoms with van der Waals surface area (Å²) in [5.74, 6) is 0.826. The molecule has 0 heterocycles. The molecule has 1 aliphatic rings. The average molecular weight is 383 g/mol. The van der Waals surface area contributed by atoms with Crippen LogP contribution in [0.1, 0.15) is 94.6 Å². The maximum Gasteiger partial charge on any atom is 0.328 e. The number of benzene rings is 1. The Labute approximate surface area is 171 Å². The van der Waals surface area contributed by atoms with Gasteiger partial charge in [0.05, 0.1) is 0 Å². The maximum absolute atomic E-state index is 10.4. The van der Waals surface area contributed by atoms with Gasteiger partial charge in [0.2, 0.25) is 0 Å². The molecule has 1 fully saturated rings. The van der Waals surface area contributed by atoms with Gasteiger partial charge < -0.3 is 5.11 Å². The number of aliphatic carboxylic acids is 1. The van der Waals surface area contributed by atoms with Crippen LogP contribution in [0.5, 0.6) is 0 Å². The Morgan fingerprint density at radius 1 is 1.00 bits per heavy atom. The van der Waals surface area contributed by atoms with Gasteiger partial charge in [-0.2, -0.15) is 0 Å². The monoisotopic (exact) mass is 382 g/mol. The van der Waals surface area contributed by atoms with Crippen molar-refractivity contribution >= 4 is 5.97 Å². The Morgan fingerprint density at radius 2 is 1.71 bits per heavy atom. The average Bonchev–Trinajstić information content (AvgIpc) is 2.71. The van der Waals surface area contributed by atoms with Crippen molar-refractivity contribution in [2.75, 3.05) is 0 Å². The predicted molar refractivity (Wildman–Crippen MR) is 119 cm³/mol. The molecular weight excluding hydrogens is 344 g/mol. The minimum atomic E-state index is -0.902. The van der Waals surface area contributed by atoms with Gasteiger partial charge in [-0.25, -0.2) is 4.79 Å². The van der Waals surface area contributed by atoms with Crippen molar-refractivity contribution in [3.63, 3.8) is 0 Å². The lowest BCUT2D eigenvalue weighted by Gasteiger charge is -2.29. The molecule has 0 spiro atoms. The van der Waals surface area contributed by atoms with Gasteiger partial charge >= 0.3 is 5.97 Å². The molecule has 1 saturated carbocycles. The first-order valence-corrected chi connectivity index (χ1v) is 11.3. The molecule has 0 radical (unpaired) electrons. The highest BCUT2D eigenvalue weighted by molar-refractivity contribution is 5.80. The van der Waals surface area contributed by atoms with E-state index in [2.05, 4.69) is 31.2 Å². The highest BCUT2D eigenvalue weighted by atomic mass is 16.4. The molecule has 1 aromatic rings. The molecular formula is C26H38O2. The van der Waals surface area contributed by atoms with Crippen LogP contribution < -0.4 is 0 Å². The molecule has 2 nitrogen and oxygen atoms in total. The van der Waals surface area contributed by atoms with Crippen molar-refractivity contribution in [3.8, 4) is 0 Å². The van der Waals surface area contributed by atoms with Gasteiger partial charge in [0.1, 0.15) is 0 Å². The number of unbranched alkanes of at least 4 members (excludes halogenated alkanes) is 4. The van der Waals surface area contributed by atoms with E-state index >= 15 is 0 Å². The van der Waals surface area contributed by atoms with Crippen LogP contribution in [-0.4, -0.2) is 11.1 Å². The van der Waals surface area contributed by atoms with E-state index in [9.17, 15) is 4.79 Å². The number of carbonyl (C=O) groups is 1. The lowest BCUT2D eigenvalue weighted by molar-refractivity contribution is -0.131. The van der Waals surface area contributed by atoms with Crippen LogP contribution in [0.15, 0.2) is 48.6 Å². The molecule has 0 atom stereocenters. The minimum Gasteiger partial charge on any atom is -0.478 e. The second-order valence-corrected chi connectivity index (χ2v) is 8.33. The summed E-state index contributed by atoms with van der Waals surface area (Å²) < 4.78 is 0. The fourth-order valence-corrected chi connectivity index (χ4v) is 4.34. The Morgan fingerprint density at radius 3 is 2.39 bits per heavy atom. The van der Waals surface area contributed by atoms with Gasteiger partial charge in [-0.3, -0.25) is 0 Å². The zero-order valence-electron chi connectivity index (χ0n) is 17.6. The van der Waals surface area contributed by atoms with Gasteiger partial charge in [0.15, 0.2) is 0 Å². The molecule has 0 bridgehead atoms. The highest BCUT2D eigenvalue weighted by Crippen LogP contribution is 2.37. The molecule has 154 valence electrons. The number of aryl methyl sites for hydroxylation is 1. The fourth-order valence-electron chi connectivity index (χ4n) is 4.34. The summed E-state index contributed by atoms with van der Waals surface area (Å²) in [6.45, 7) is 2.29. The summed E-state index contributed by atoms with van der Waals surface area (Å²) in [4.78, 5) is 10.4. The fraction of sp³-hybridized carbons (Fsp3) is 0.577. The normalized spacial score (nSPS) is 20.2. The largest absolute Gasteiger partial charge is 0.478 e. The van der Waals surface area contributed by atoms with E-state index in [1.54, 1.807) is 6.08 Å². The summed E-state index contributed by atoms with van der Waals surface area (Å²) in [5.41, 5.74) is 2.88. The summed E-state index contributed by atoms with van der Waals surface area (Å²) in [5, 5.41) is 8.54. The van der Waals surface area contributed by atoms with Crippen LogP contribution in [0.2, 0.25) is 0 Å². The van der Waals surface area contributed by atoms with E-state index in [1.807, 2.05) is 12.2 Å². The molecule has 0 amide bonds. The van der Waals surface area contributed by atoms with Crippen molar-refractivity contribution in [1.29, 1.82) is 0 Å². The second kappa shape index (κ2) is 13.4. The third kappa shape index (κ3) is 8.91. The topological polar surface area (TPSA) is 37.3 Å². The summed E-state index contributed by atoms with van der Waals surface area (Å²) in [6, 6.07) is 9.21.